The third-order valence-electron chi connectivity index (χ3n) is 21.9. The van der Waals surface area contributed by atoms with Crippen LogP contribution in [0.4, 0.5) is 0 Å². The number of carbonyl (C=O) groups is 2. The molecule has 0 spiro atoms. The van der Waals surface area contributed by atoms with Gasteiger partial charge in [-0.25, -0.2) is 9.59 Å². The first kappa shape index (κ1) is 64.1. The Labute approximate surface area is 476 Å². The van der Waals surface area contributed by atoms with Gasteiger partial charge in [0.05, 0.1) is 50.2 Å². The maximum Gasteiger partial charge on any atom is 0.335 e. The topological polar surface area (TPSA) is 400 Å². The van der Waals surface area contributed by atoms with Crippen molar-refractivity contribution in [3.63, 3.8) is 0 Å². The number of allylic oxidation sites excluding steroid dienone is 2. The van der Waals surface area contributed by atoms with E-state index < -0.39 is 206 Å². The summed E-state index contributed by atoms with van der Waals surface area (Å²) in [7, 11) is 0. The summed E-state index contributed by atoms with van der Waals surface area (Å²) in [6.45, 7) is 15.5. The lowest BCUT2D eigenvalue weighted by Gasteiger charge is -2.73. The van der Waals surface area contributed by atoms with Gasteiger partial charge in [0.25, 0.3) is 0 Å². The third kappa shape index (κ3) is 10.3. The highest BCUT2D eigenvalue weighted by Gasteiger charge is 2.75. The summed E-state index contributed by atoms with van der Waals surface area (Å²) >= 11 is 0. The molecule has 9 rings (SSSR count). The molecule has 0 amide bonds. The van der Waals surface area contributed by atoms with E-state index in [1.165, 1.54) is 0 Å². The summed E-state index contributed by atoms with van der Waals surface area (Å²) in [5.41, 5.74) is -3.44. The lowest BCUT2D eigenvalue weighted by molar-refractivity contribution is -0.399. The van der Waals surface area contributed by atoms with Crippen molar-refractivity contribution in [3.05, 3.63) is 23.3 Å². The fourth-order valence-corrected chi connectivity index (χ4v) is 16.8. The maximum atomic E-state index is 13.4. The molecule has 82 heavy (non-hydrogen) atoms. The molecule has 468 valence electrons. The molecule has 0 aromatic heterocycles. The van der Waals surface area contributed by atoms with Gasteiger partial charge in [0.15, 0.2) is 31.3 Å². The van der Waals surface area contributed by atoms with E-state index in [0.29, 0.717) is 50.5 Å². The lowest BCUT2D eigenvalue weighted by atomic mass is 9.32. The Balaban J connectivity index is 1.04. The van der Waals surface area contributed by atoms with Crippen molar-refractivity contribution < 1.29 is 124 Å². The highest BCUT2D eigenvalue weighted by atomic mass is 16.8. The maximum absolute atomic E-state index is 13.4. The molecule has 9 aliphatic rings. The van der Waals surface area contributed by atoms with Crippen LogP contribution in [0, 0.1) is 50.2 Å². The van der Waals surface area contributed by atoms with Crippen molar-refractivity contribution >= 4 is 11.9 Å². The second-order valence-electron chi connectivity index (χ2n) is 27.1. The highest BCUT2D eigenvalue weighted by molar-refractivity contribution is 5.87. The number of carbonyl (C=O) groups excluding carboxylic acids is 1. The number of ether oxygens (including phenoxy) is 9. The number of aliphatic carboxylic acids is 1. The Kier molecular flexibility index (Phi) is 18.2. The van der Waals surface area contributed by atoms with Crippen LogP contribution in [0.2, 0.25) is 0 Å². The van der Waals surface area contributed by atoms with Crippen LogP contribution in [0.1, 0.15) is 107 Å². The number of hydrogen-bond donors (Lipinski definition) is 14. The number of aliphatic hydroxyl groups is 13. The van der Waals surface area contributed by atoms with Crippen LogP contribution in [-0.2, 0) is 52.2 Å². The Bertz CT molecular complexity index is 2370. The monoisotopic (exact) mass is 1170 g/mol. The molecule has 14 N–H and O–H groups in total. The summed E-state index contributed by atoms with van der Waals surface area (Å²) in [5, 5.41) is 156. The van der Waals surface area contributed by atoms with Crippen molar-refractivity contribution in [2.75, 3.05) is 26.4 Å². The largest absolute Gasteiger partial charge is 0.479 e. The summed E-state index contributed by atoms with van der Waals surface area (Å²) in [6, 6.07) is 0. The smallest absolute Gasteiger partial charge is 0.335 e. The van der Waals surface area contributed by atoms with Gasteiger partial charge >= 0.3 is 11.9 Å². The Morgan fingerprint density at radius 1 is 0.646 bits per heavy atom. The van der Waals surface area contributed by atoms with Crippen LogP contribution in [0.3, 0.4) is 0 Å². The predicted octanol–water partition coefficient (Wildman–Crippen LogP) is -1.76. The summed E-state index contributed by atoms with van der Waals surface area (Å²) in [4.78, 5) is 26.6. The first-order chi connectivity index (χ1) is 38.3. The van der Waals surface area contributed by atoms with Gasteiger partial charge in [-0.05, 0) is 98.2 Å². The Hall–Kier alpha value is -2.42. The number of fused-ring (bicyclic) bond motifs is 7. The van der Waals surface area contributed by atoms with Gasteiger partial charge in [0, 0.05) is 11.0 Å². The normalized spacial score (nSPS) is 52.0. The minimum Gasteiger partial charge on any atom is -0.479 e. The molecule has 4 heterocycles. The molecule has 4 saturated carbocycles. The standard InChI is InChI=1S/C57H90O25/c1-10-23(2)47(73)77-32-18-52(3,4)17-25-24-11-12-30-54(7)15-14-31(53(5,6)29(54)13-16-55(30,8)56(24,9)44(69)45(70)57(25,32)22-59)78-51-43(82-49-38(67)36(65)35(64)28(19-58)76-49)40(39(68)41(80-51)46(71)72)79-50-42(34(63)27(61)21-75-50)81-48-37(66)33(62)26(60)20-74-48/h10-11,25-45,48-51,58-70H,12-22H2,1-9H3,(H,71,72)/b23-10+/t25?,26-,27+,28-,29?,30?,31+,32+,33+,34+,35+,36+,37-,38-,39+,40+,41+,42-,43-,44+,45-,48+,49+,50+,51-,54+,55-,56+,57-/m1/s1. The Morgan fingerprint density at radius 3 is 1.90 bits per heavy atom. The van der Waals surface area contributed by atoms with Crippen LogP contribution in [0.25, 0.3) is 0 Å². The van der Waals surface area contributed by atoms with Crippen molar-refractivity contribution in [2.24, 2.45) is 50.2 Å². The van der Waals surface area contributed by atoms with Crippen LogP contribution < -0.4 is 0 Å². The average Bonchev–Trinajstić information content (AvgIpc) is 2.04. The van der Waals surface area contributed by atoms with Crippen molar-refractivity contribution in [2.45, 2.75) is 242 Å². The van der Waals surface area contributed by atoms with E-state index in [1.54, 1.807) is 19.9 Å². The van der Waals surface area contributed by atoms with Gasteiger partial charge in [0.1, 0.15) is 85.5 Å². The first-order valence-corrected chi connectivity index (χ1v) is 28.9. The average molecular weight is 1180 g/mol. The van der Waals surface area contributed by atoms with Crippen LogP contribution in [0.5, 0.6) is 0 Å². The second-order valence-corrected chi connectivity index (χ2v) is 27.1. The number of esters is 1. The van der Waals surface area contributed by atoms with E-state index in [9.17, 15) is 81.1 Å². The molecule has 29 atom stereocenters. The molecule has 0 aromatic carbocycles. The summed E-state index contributed by atoms with van der Waals surface area (Å²) in [6.07, 6.45) is -30.9. The lowest BCUT2D eigenvalue weighted by Crippen LogP contribution is -2.74. The fraction of sp³-hybridized carbons (Fsp3) is 0.895. The zero-order valence-corrected chi connectivity index (χ0v) is 48.1. The molecule has 25 nitrogen and oxygen atoms in total. The van der Waals surface area contributed by atoms with Crippen LogP contribution in [0.15, 0.2) is 23.3 Å². The van der Waals surface area contributed by atoms with E-state index in [1.807, 2.05) is 20.8 Å². The van der Waals surface area contributed by atoms with Gasteiger partial charge in [0.2, 0.25) is 0 Å². The van der Waals surface area contributed by atoms with Crippen molar-refractivity contribution in [1.29, 1.82) is 0 Å². The molecule has 25 heteroatoms. The molecule has 4 aliphatic heterocycles. The third-order valence-corrected chi connectivity index (χ3v) is 21.9. The van der Waals surface area contributed by atoms with E-state index in [-0.39, 0.29) is 17.3 Å². The summed E-state index contributed by atoms with van der Waals surface area (Å²) in [5.74, 6) is -2.97. The van der Waals surface area contributed by atoms with E-state index in [2.05, 4.69) is 33.8 Å². The minimum atomic E-state index is -2.21. The molecule has 5 aliphatic carbocycles. The molecular weight excluding hydrogens is 1080 g/mol. The van der Waals surface area contributed by atoms with Crippen LogP contribution in [-0.4, -0.2) is 245 Å². The Morgan fingerprint density at radius 2 is 1.27 bits per heavy atom. The molecule has 0 aromatic rings. The SMILES string of the molecule is C/C=C(\C)C(=O)O[C@H]1CC(C)(C)CC2C3=CCC4[C@@]5(C)CC[C@H](O[C@@H]6O[C@H](C(=O)O)[C@@H](O)[C@H](O[C@@H]7OC[C@H](O)[C@H](O)[C@H]7O[C@@H]7OC[C@@H](O)[C@H](O)[C@H]7O)[C@H]6O[C@@H]6O[C@H](CO)[C@H](O)[C@H](O)[C@H]6O)C(C)(C)C5CC[C@@]4(C)[C@]3(C)[C@@H](O)[C@@H](O)[C@]21CO. The van der Waals surface area contributed by atoms with E-state index in [0.717, 1.165) is 5.57 Å². The molecule has 0 radical (unpaired) electrons. The van der Waals surface area contributed by atoms with Crippen LogP contribution >= 0.6 is 0 Å². The minimum absolute atomic E-state index is 0.107. The zero-order chi connectivity index (χ0) is 60.3. The number of hydrogen-bond acceptors (Lipinski definition) is 24. The molecular formula is C57H90O25. The second kappa shape index (κ2) is 23.3. The number of aliphatic hydroxyl groups excluding tert-OH is 13. The zero-order valence-electron chi connectivity index (χ0n) is 48.1. The van der Waals surface area contributed by atoms with Gasteiger partial charge in [-0.1, -0.05) is 66.2 Å². The quantitative estimate of drug-likeness (QED) is 0.0420. The van der Waals surface area contributed by atoms with Gasteiger partial charge in [-0.2, -0.15) is 0 Å². The fourth-order valence-electron chi connectivity index (χ4n) is 16.8. The van der Waals surface area contributed by atoms with Gasteiger partial charge in [-0.3, -0.25) is 0 Å². The van der Waals surface area contributed by atoms with Crippen molar-refractivity contribution in [1.82, 2.24) is 0 Å². The van der Waals surface area contributed by atoms with Gasteiger partial charge in [-0.15, -0.1) is 0 Å². The number of carboxylic acid groups (broad SMARTS) is 1. The first-order valence-electron chi connectivity index (χ1n) is 28.9. The molecule has 3 unspecified atom stereocenters. The molecule has 0 bridgehead atoms. The molecule has 8 fully saturated rings. The van der Waals surface area contributed by atoms with Gasteiger partial charge < -0.3 is 114 Å². The molecule has 4 saturated heterocycles. The summed E-state index contributed by atoms with van der Waals surface area (Å²) < 4.78 is 54.7. The number of carboxylic acids is 1. The van der Waals surface area contributed by atoms with E-state index in [4.69, 9.17) is 42.6 Å². The number of rotatable bonds is 13. The van der Waals surface area contributed by atoms with Crippen molar-refractivity contribution in [3.8, 4) is 0 Å². The van der Waals surface area contributed by atoms with E-state index >= 15 is 0 Å². The predicted molar refractivity (Wildman–Crippen MR) is 279 cm³/mol. The highest BCUT2D eigenvalue weighted by Crippen LogP contribution is 2.76.